The summed E-state index contributed by atoms with van der Waals surface area (Å²) in [5.41, 5.74) is -11.8. The number of halogens is 8. The number of nitrogens with zero attached hydrogens (tertiary/aromatic N) is 6. The van der Waals surface area contributed by atoms with Crippen LogP contribution in [0.5, 0.6) is 0 Å². The zero-order chi connectivity index (χ0) is 27.8. The summed E-state index contributed by atoms with van der Waals surface area (Å²) >= 11 is 0. The van der Waals surface area contributed by atoms with Gasteiger partial charge in [-0.25, -0.2) is 45.1 Å². The highest BCUT2D eigenvalue weighted by Crippen LogP contribution is 2.53. The molecule has 5 rings (SSSR count). The van der Waals surface area contributed by atoms with Gasteiger partial charge in [-0.15, -0.1) is 0 Å². The van der Waals surface area contributed by atoms with E-state index in [1.54, 1.807) is 0 Å². The summed E-state index contributed by atoms with van der Waals surface area (Å²) in [6, 6.07) is 5.33. The molecule has 0 bridgehead atoms. The van der Waals surface area contributed by atoms with Gasteiger partial charge in [0, 0.05) is 22.3 Å². The minimum atomic E-state index is -2.32. The van der Waals surface area contributed by atoms with Gasteiger partial charge in [-0.3, -0.25) is 0 Å². The Morgan fingerprint density at radius 1 is 0.395 bits per heavy atom. The summed E-state index contributed by atoms with van der Waals surface area (Å²) in [4.78, 5) is 7.71. The highest BCUT2D eigenvalue weighted by Gasteiger charge is 2.44. The molecule has 3 aromatic rings. The Balaban J connectivity index is 2.06. The van der Waals surface area contributed by atoms with E-state index in [1.165, 1.54) is 24.3 Å². The third-order valence-electron chi connectivity index (χ3n) is 5.82. The van der Waals surface area contributed by atoms with Gasteiger partial charge < -0.3 is 0 Å². The lowest BCUT2D eigenvalue weighted by atomic mass is 9.99. The van der Waals surface area contributed by atoms with E-state index < -0.39 is 114 Å². The van der Waals surface area contributed by atoms with E-state index in [2.05, 4.69) is 9.97 Å². The van der Waals surface area contributed by atoms with Gasteiger partial charge in [0.1, 0.15) is 58.2 Å². The maximum atomic E-state index is 14.9. The molecule has 0 atom stereocenters. The van der Waals surface area contributed by atoms with Crippen molar-refractivity contribution >= 4 is 11.1 Å². The number of fused-ring (bicyclic) bond motifs is 6. The molecule has 6 nitrogen and oxygen atoms in total. The molecular formula is C24F8N6. The number of hydrogen-bond donors (Lipinski definition) is 0. The quantitative estimate of drug-likeness (QED) is 0.118. The van der Waals surface area contributed by atoms with Crippen molar-refractivity contribution < 1.29 is 35.1 Å². The number of rotatable bonds is 0. The van der Waals surface area contributed by atoms with Gasteiger partial charge in [0.25, 0.3) is 0 Å². The van der Waals surface area contributed by atoms with E-state index in [0.29, 0.717) is 0 Å². The molecule has 1 aromatic heterocycles. The fourth-order valence-corrected chi connectivity index (χ4v) is 4.31. The Hall–Kier alpha value is -5.60. The number of nitriles is 4. The molecule has 182 valence electrons. The van der Waals surface area contributed by atoms with Crippen molar-refractivity contribution in [2.75, 3.05) is 0 Å². The molecule has 1 heterocycles. The van der Waals surface area contributed by atoms with E-state index in [4.69, 9.17) is 0 Å². The van der Waals surface area contributed by atoms with Gasteiger partial charge in [0.15, 0.2) is 46.5 Å². The van der Waals surface area contributed by atoms with Crippen LogP contribution in [0.15, 0.2) is 11.1 Å². The third kappa shape index (κ3) is 2.71. The number of aromatic nitrogens is 2. The Bertz CT molecular complexity index is 1770. The molecule has 0 spiro atoms. The molecule has 0 saturated heterocycles. The second kappa shape index (κ2) is 7.95. The van der Waals surface area contributed by atoms with Crippen molar-refractivity contribution in [1.82, 2.24) is 9.97 Å². The van der Waals surface area contributed by atoms with Crippen LogP contribution in [0.3, 0.4) is 0 Å². The molecular weight excluding hydrogens is 524 g/mol. The molecule has 38 heavy (non-hydrogen) atoms. The summed E-state index contributed by atoms with van der Waals surface area (Å²) in [5.74, 6) is -17.5. The maximum absolute atomic E-state index is 14.9. The van der Waals surface area contributed by atoms with Crippen LogP contribution >= 0.6 is 0 Å². The summed E-state index contributed by atoms with van der Waals surface area (Å²) in [7, 11) is 0. The largest absolute Gasteiger partial charge is 0.243 e. The molecule has 2 aliphatic rings. The fraction of sp³-hybridized carbons (Fsp3) is 0. The molecule has 2 aromatic carbocycles. The zero-order valence-electron chi connectivity index (χ0n) is 17.7. The van der Waals surface area contributed by atoms with Gasteiger partial charge in [0.05, 0.1) is 11.1 Å². The highest BCUT2D eigenvalue weighted by molar-refractivity contribution is 6.07. The predicted octanol–water partition coefficient (Wildman–Crippen LogP) is 5.25. The van der Waals surface area contributed by atoms with Gasteiger partial charge in [0.2, 0.25) is 0 Å². The van der Waals surface area contributed by atoms with Crippen LogP contribution < -0.4 is 0 Å². The Kier molecular flexibility index (Phi) is 5.05. The molecule has 0 amide bonds. The normalized spacial score (nSPS) is 12.0. The van der Waals surface area contributed by atoms with E-state index in [9.17, 15) is 56.2 Å². The number of benzene rings is 2. The van der Waals surface area contributed by atoms with Crippen molar-refractivity contribution in [3.8, 4) is 46.8 Å². The Morgan fingerprint density at radius 2 is 0.658 bits per heavy atom. The van der Waals surface area contributed by atoms with Crippen LogP contribution in [0.1, 0.15) is 22.5 Å². The summed E-state index contributed by atoms with van der Waals surface area (Å²) < 4.78 is 116. The first-order valence-corrected chi connectivity index (χ1v) is 9.80. The second-order valence-electron chi connectivity index (χ2n) is 7.58. The van der Waals surface area contributed by atoms with Crippen LogP contribution in [0.2, 0.25) is 0 Å². The smallest absolute Gasteiger partial charge is 0.198 e. The van der Waals surface area contributed by atoms with Crippen LogP contribution in [0, 0.1) is 91.9 Å². The van der Waals surface area contributed by atoms with Gasteiger partial charge >= 0.3 is 0 Å². The van der Waals surface area contributed by atoms with E-state index in [0.717, 1.165) is 0 Å². The lowest BCUT2D eigenvalue weighted by Gasteiger charge is -2.07. The average Bonchev–Trinajstić information content (AvgIpc) is 3.42. The molecule has 0 fully saturated rings. The summed E-state index contributed by atoms with van der Waals surface area (Å²) in [6.45, 7) is 0. The lowest BCUT2D eigenvalue weighted by molar-refractivity contribution is 0.410. The van der Waals surface area contributed by atoms with Gasteiger partial charge in [-0.05, 0) is 0 Å². The van der Waals surface area contributed by atoms with E-state index >= 15 is 0 Å². The molecule has 0 radical (unpaired) electrons. The molecule has 0 aliphatic heterocycles. The highest BCUT2D eigenvalue weighted by atomic mass is 19.2. The topological polar surface area (TPSA) is 121 Å². The van der Waals surface area contributed by atoms with Crippen molar-refractivity contribution in [3.63, 3.8) is 0 Å². The standard InChI is InChI=1S/C24F8N6/c25-13-9-7(5(1-33)2-34)21-23(11(9)15(27)19(31)17(13)29)38-22-8(6(3-35)4-36)10-12(24(22)37-21)16(28)20(32)18(30)14(10)26. The lowest BCUT2D eigenvalue weighted by Crippen LogP contribution is -2.03. The van der Waals surface area contributed by atoms with E-state index in [1.807, 2.05) is 0 Å². The predicted molar refractivity (Wildman–Crippen MR) is 107 cm³/mol. The van der Waals surface area contributed by atoms with Crippen LogP contribution in [0.4, 0.5) is 35.1 Å². The van der Waals surface area contributed by atoms with Gasteiger partial charge in [-0.2, -0.15) is 21.0 Å². The molecule has 0 unspecified atom stereocenters. The first-order chi connectivity index (χ1) is 18.0. The van der Waals surface area contributed by atoms with Crippen molar-refractivity contribution in [3.05, 3.63) is 80.2 Å². The molecule has 0 N–H and O–H groups in total. The molecule has 2 aliphatic carbocycles. The minimum Gasteiger partial charge on any atom is -0.243 e. The number of hydrogen-bond acceptors (Lipinski definition) is 6. The SMILES string of the molecule is N#CC(C#N)=C1c2nc3c(nc2-c2c(F)c(F)c(F)c(F)c21)C(=C(C#N)C#N)c1c(F)c(F)c(F)c(F)c1-3. The van der Waals surface area contributed by atoms with Gasteiger partial charge in [-0.1, -0.05) is 0 Å². The van der Waals surface area contributed by atoms with Crippen molar-refractivity contribution in [1.29, 1.82) is 21.0 Å². The first kappa shape index (κ1) is 24.1. The monoisotopic (exact) mass is 524 g/mol. The van der Waals surface area contributed by atoms with Crippen molar-refractivity contribution in [2.45, 2.75) is 0 Å². The number of allylic oxidation sites excluding steroid dienone is 2. The fourth-order valence-electron chi connectivity index (χ4n) is 4.31. The second-order valence-corrected chi connectivity index (χ2v) is 7.58. The molecule has 0 saturated carbocycles. The summed E-state index contributed by atoms with van der Waals surface area (Å²) in [5, 5.41) is 37.4. The van der Waals surface area contributed by atoms with Crippen LogP contribution in [-0.2, 0) is 0 Å². The average molecular weight is 524 g/mol. The van der Waals surface area contributed by atoms with E-state index in [-0.39, 0.29) is 0 Å². The summed E-state index contributed by atoms with van der Waals surface area (Å²) in [6.07, 6.45) is 0. The van der Waals surface area contributed by atoms with Crippen LogP contribution in [0.25, 0.3) is 33.7 Å². The third-order valence-corrected chi connectivity index (χ3v) is 5.82. The van der Waals surface area contributed by atoms with Crippen molar-refractivity contribution in [2.24, 2.45) is 0 Å². The Morgan fingerprint density at radius 3 is 0.921 bits per heavy atom. The Labute approximate surface area is 204 Å². The maximum Gasteiger partial charge on any atom is 0.198 e. The van der Waals surface area contributed by atoms with Crippen LogP contribution in [-0.4, -0.2) is 9.97 Å². The molecule has 14 heteroatoms. The zero-order valence-corrected chi connectivity index (χ0v) is 17.7. The minimum absolute atomic E-state index is 0.827. The first-order valence-electron chi connectivity index (χ1n) is 9.80.